The number of rotatable bonds is 1. The maximum Gasteiger partial charge on any atom is 0.160 e. The van der Waals surface area contributed by atoms with Gasteiger partial charge in [0, 0.05) is 12.1 Å². The van der Waals surface area contributed by atoms with Gasteiger partial charge < -0.3 is 0 Å². The number of aromatic nitrogens is 3. The molecule has 0 unspecified atom stereocenters. The zero-order chi connectivity index (χ0) is 11.4. The molecule has 0 saturated carbocycles. The molecule has 2 heterocycles. The lowest BCUT2D eigenvalue weighted by atomic mass is 10.2. The molecule has 0 bridgehead atoms. The standard InChI is InChI=1S/C10H13N3.C2H6/c1-7(2)10-12-11-9-5-4-8(3)6-13(9)10;1-2/h4-7H,1-3H3;1-2H3. The van der Waals surface area contributed by atoms with Gasteiger partial charge in [-0.2, -0.15) is 0 Å². The van der Waals surface area contributed by atoms with Crippen molar-refractivity contribution in [2.75, 3.05) is 0 Å². The summed E-state index contributed by atoms with van der Waals surface area (Å²) in [4.78, 5) is 0. The van der Waals surface area contributed by atoms with Gasteiger partial charge in [-0.3, -0.25) is 4.40 Å². The molecule has 82 valence electrons. The highest BCUT2D eigenvalue weighted by molar-refractivity contribution is 5.39. The fourth-order valence-corrected chi connectivity index (χ4v) is 1.41. The highest BCUT2D eigenvalue weighted by Crippen LogP contribution is 2.13. The molecule has 15 heavy (non-hydrogen) atoms. The molecule has 0 aromatic carbocycles. The van der Waals surface area contributed by atoms with Crippen molar-refractivity contribution in [2.45, 2.75) is 40.5 Å². The van der Waals surface area contributed by atoms with Gasteiger partial charge in [-0.05, 0) is 18.6 Å². The van der Waals surface area contributed by atoms with Crippen LogP contribution < -0.4 is 0 Å². The Bertz CT molecular complexity index is 429. The minimum atomic E-state index is 0.414. The average molecular weight is 205 g/mol. The Morgan fingerprint density at radius 3 is 2.40 bits per heavy atom. The number of nitrogens with zero attached hydrogens (tertiary/aromatic N) is 3. The lowest BCUT2D eigenvalue weighted by Crippen LogP contribution is -1.96. The fraction of sp³-hybridized carbons (Fsp3) is 0.500. The lowest BCUT2D eigenvalue weighted by molar-refractivity contribution is 0.758. The third-order valence-corrected chi connectivity index (χ3v) is 2.09. The van der Waals surface area contributed by atoms with E-state index >= 15 is 0 Å². The van der Waals surface area contributed by atoms with Crippen LogP contribution in [0.3, 0.4) is 0 Å². The number of hydrogen-bond donors (Lipinski definition) is 0. The monoisotopic (exact) mass is 205 g/mol. The Balaban J connectivity index is 0.000000531. The van der Waals surface area contributed by atoms with Crippen LogP contribution in [0, 0.1) is 6.92 Å². The highest BCUT2D eigenvalue weighted by atomic mass is 15.2. The Morgan fingerprint density at radius 1 is 1.13 bits per heavy atom. The number of fused-ring (bicyclic) bond motifs is 1. The van der Waals surface area contributed by atoms with Crippen molar-refractivity contribution in [3.05, 3.63) is 29.7 Å². The molecule has 2 rings (SSSR count). The van der Waals surface area contributed by atoms with Crippen LogP contribution in [0.15, 0.2) is 18.3 Å². The first-order valence-electron chi connectivity index (χ1n) is 5.50. The van der Waals surface area contributed by atoms with Gasteiger partial charge in [0.15, 0.2) is 5.65 Å². The van der Waals surface area contributed by atoms with Crippen molar-refractivity contribution in [1.82, 2.24) is 14.6 Å². The van der Waals surface area contributed by atoms with Gasteiger partial charge in [0.1, 0.15) is 5.82 Å². The molecule has 0 atom stereocenters. The van der Waals surface area contributed by atoms with Crippen molar-refractivity contribution < 1.29 is 0 Å². The molecule has 0 saturated heterocycles. The molecule has 0 aliphatic rings. The van der Waals surface area contributed by atoms with Crippen molar-refractivity contribution >= 4 is 5.65 Å². The van der Waals surface area contributed by atoms with Gasteiger partial charge in [0.05, 0.1) is 0 Å². The number of hydrogen-bond acceptors (Lipinski definition) is 2. The van der Waals surface area contributed by atoms with Crippen molar-refractivity contribution in [3.63, 3.8) is 0 Å². The molecule has 0 N–H and O–H groups in total. The van der Waals surface area contributed by atoms with Gasteiger partial charge >= 0.3 is 0 Å². The maximum absolute atomic E-state index is 4.15. The van der Waals surface area contributed by atoms with E-state index in [1.165, 1.54) is 5.56 Å². The quantitative estimate of drug-likeness (QED) is 0.715. The van der Waals surface area contributed by atoms with Crippen LogP contribution in [-0.4, -0.2) is 14.6 Å². The first-order valence-corrected chi connectivity index (χ1v) is 5.50. The number of aryl methyl sites for hydroxylation is 1. The van der Waals surface area contributed by atoms with E-state index in [9.17, 15) is 0 Å². The van der Waals surface area contributed by atoms with Crippen LogP contribution in [0.25, 0.3) is 5.65 Å². The molecule has 3 nitrogen and oxygen atoms in total. The van der Waals surface area contributed by atoms with E-state index in [1.54, 1.807) is 0 Å². The van der Waals surface area contributed by atoms with E-state index in [2.05, 4.69) is 41.6 Å². The smallest absolute Gasteiger partial charge is 0.160 e. The van der Waals surface area contributed by atoms with E-state index in [4.69, 9.17) is 0 Å². The van der Waals surface area contributed by atoms with Crippen LogP contribution in [0.2, 0.25) is 0 Å². The first kappa shape index (κ1) is 11.7. The summed E-state index contributed by atoms with van der Waals surface area (Å²) in [6, 6.07) is 4.04. The maximum atomic E-state index is 4.15. The van der Waals surface area contributed by atoms with E-state index in [-0.39, 0.29) is 0 Å². The molecule has 3 heteroatoms. The zero-order valence-electron chi connectivity index (χ0n) is 10.2. The van der Waals surface area contributed by atoms with Crippen LogP contribution in [0.4, 0.5) is 0 Å². The molecule has 0 amide bonds. The summed E-state index contributed by atoms with van der Waals surface area (Å²) in [6.45, 7) is 10.3. The number of pyridine rings is 1. The summed E-state index contributed by atoms with van der Waals surface area (Å²) in [7, 11) is 0. The average Bonchev–Trinajstić information content (AvgIpc) is 2.63. The van der Waals surface area contributed by atoms with Crippen molar-refractivity contribution in [1.29, 1.82) is 0 Å². The SMILES string of the molecule is CC.Cc1ccc2nnc(C(C)C)n2c1. The van der Waals surface area contributed by atoms with E-state index in [1.807, 2.05) is 26.0 Å². The second-order valence-corrected chi connectivity index (χ2v) is 3.65. The molecule has 0 aliphatic heterocycles. The predicted octanol–water partition coefficient (Wildman–Crippen LogP) is 3.19. The zero-order valence-corrected chi connectivity index (χ0v) is 10.2. The van der Waals surface area contributed by atoms with Gasteiger partial charge in [-0.25, -0.2) is 0 Å². The molecule has 0 spiro atoms. The Kier molecular flexibility index (Phi) is 3.83. The second-order valence-electron chi connectivity index (χ2n) is 3.65. The predicted molar refractivity (Wildman–Crippen MR) is 63.2 cm³/mol. The summed E-state index contributed by atoms with van der Waals surface area (Å²) < 4.78 is 2.06. The summed E-state index contributed by atoms with van der Waals surface area (Å²) >= 11 is 0. The summed E-state index contributed by atoms with van der Waals surface area (Å²) in [5, 5.41) is 8.24. The highest BCUT2D eigenvalue weighted by Gasteiger charge is 2.07. The normalized spacial score (nSPS) is 10.3. The minimum Gasteiger partial charge on any atom is -0.286 e. The summed E-state index contributed by atoms with van der Waals surface area (Å²) in [5.41, 5.74) is 2.16. The molecule has 0 aliphatic carbocycles. The second kappa shape index (κ2) is 4.91. The molecule has 0 fully saturated rings. The van der Waals surface area contributed by atoms with Crippen LogP contribution >= 0.6 is 0 Å². The topological polar surface area (TPSA) is 30.2 Å². The summed E-state index contributed by atoms with van der Waals surface area (Å²) in [6.07, 6.45) is 2.07. The molecular formula is C12H19N3. The molecular weight excluding hydrogens is 186 g/mol. The van der Waals surface area contributed by atoms with Gasteiger partial charge in [0.2, 0.25) is 0 Å². The van der Waals surface area contributed by atoms with Crippen molar-refractivity contribution in [3.8, 4) is 0 Å². The van der Waals surface area contributed by atoms with Crippen LogP contribution in [0.1, 0.15) is 45.0 Å². The Hall–Kier alpha value is -1.38. The van der Waals surface area contributed by atoms with E-state index in [0.717, 1.165) is 11.5 Å². The van der Waals surface area contributed by atoms with Gasteiger partial charge in [-0.15, -0.1) is 10.2 Å². The van der Waals surface area contributed by atoms with Crippen molar-refractivity contribution in [2.24, 2.45) is 0 Å². The molecule has 2 aromatic rings. The van der Waals surface area contributed by atoms with E-state index in [0.29, 0.717) is 5.92 Å². The largest absolute Gasteiger partial charge is 0.286 e. The third-order valence-electron chi connectivity index (χ3n) is 2.09. The van der Waals surface area contributed by atoms with Crippen LogP contribution in [0.5, 0.6) is 0 Å². The molecule has 0 radical (unpaired) electrons. The lowest BCUT2D eigenvalue weighted by Gasteiger charge is -2.02. The summed E-state index contributed by atoms with van der Waals surface area (Å²) in [5.74, 6) is 1.44. The molecule has 2 aromatic heterocycles. The minimum absolute atomic E-state index is 0.414. The van der Waals surface area contributed by atoms with E-state index < -0.39 is 0 Å². The Morgan fingerprint density at radius 2 is 1.80 bits per heavy atom. The Labute approximate surface area is 91.2 Å². The van der Waals surface area contributed by atoms with Gasteiger partial charge in [-0.1, -0.05) is 33.8 Å². The van der Waals surface area contributed by atoms with Gasteiger partial charge in [0.25, 0.3) is 0 Å². The fourth-order valence-electron chi connectivity index (χ4n) is 1.41. The third kappa shape index (κ3) is 2.35. The van der Waals surface area contributed by atoms with Crippen LogP contribution in [-0.2, 0) is 0 Å². The first-order chi connectivity index (χ1) is 7.18.